The number of rotatable bonds is 39. The van der Waals surface area contributed by atoms with Crippen molar-refractivity contribution < 1.29 is 89.4 Å². The van der Waals surface area contributed by atoms with Crippen LogP contribution in [-0.2, 0) is 33.2 Å². The van der Waals surface area contributed by atoms with Gasteiger partial charge in [-0.15, -0.1) is 0 Å². The van der Waals surface area contributed by atoms with Crippen LogP contribution in [0.15, 0.2) is 109 Å². The molecule has 0 bridgehead atoms. The molecule has 19 heteroatoms. The molecule has 79 heavy (non-hydrogen) atoms. The number of aliphatic hydroxyl groups is 11. The summed E-state index contributed by atoms with van der Waals surface area (Å²) in [6.45, 7) is 1.41. The average molecular weight is 1120 g/mol. The molecule has 0 aromatic rings. The summed E-state index contributed by atoms with van der Waals surface area (Å²) in [5, 5.41) is 119. The summed E-state index contributed by atoms with van der Waals surface area (Å²) in [6.07, 6.45) is 27.5. The van der Waals surface area contributed by atoms with E-state index in [0.29, 0.717) is 19.3 Å². The van der Waals surface area contributed by atoms with Gasteiger partial charge in [-0.3, -0.25) is 4.79 Å². The lowest BCUT2D eigenvalue weighted by atomic mass is 9.96. The normalized spacial score (nSPS) is 31.1. The van der Waals surface area contributed by atoms with Crippen LogP contribution in [0.2, 0.25) is 0 Å². The smallest absolute Gasteiger partial charge is 0.220 e. The molecule has 3 heterocycles. The van der Waals surface area contributed by atoms with Crippen LogP contribution in [0, 0.1) is 0 Å². The second-order valence-electron chi connectivity index (χ2n) is 20.0. The maximum Gasteiger partial charge on any atom is 0.220 e. The summed E-state index contributed by atoms with van der Waals surface area (Å²) in [4.78, 5) is 13.1. The molecule has 17 unspecified atom stereocenters. The first-order chi connectivity index (χ1) is 38.3. The molecule has 3 aliphatic rings. The summed E-state index contributed by atoms with van der Waals surface area (Å²) in [5.74, 6) is -0.294. The van der Waals surface area contributed by atoms with E-state index in [1.807, 2.05) is 6.92 Å². The van der Waals surface area contributed by atoms with Gasteiger partial charge in [-0.2, -0.15) is 0 Å². The summed E-state index contributed by atoms with van der Waals surface area (Å²) in [6, 6.07) is -0.909. The lowest BCUT2D eigenvalue weighted by molar-refractivity contribution is -0.379. The van der Waals surface area contributed by atoms with Crippen molar-refractivity contribution in [2.24, 2.45) is 0 Å². The number of allylic oxidation sites excluding steroid dienone is 18. The fourth-order valence-electron chi connectivity index (χ4n) is 8.89. The summed E-state index contributed by atoms with van der Waals surface area (Å²) >= 11 is 0. The zero-order chi connectivity index (χ0) is 57.6. The zero-order valence-corrected chi connectivity index (χ0v) is 46.5. The van der Waals surface area contributed by atoms with E-state index in [1.54, 1.807) is 0 Å². The van der Waals surface area contributed by atoms with Crippen LogP contribution in [0.3, 0.4) is 0 Å². The molecule has 0 spiro atoms. The molecule has 3 rings (SSSR count). The van der Waals surface area contributed by atoms with Crippen LogP contribution in [0.5, 0.6) is 0 Å². The fourth-order valence-corrected chi connectivity index (χ4v) is 8.89. The number of amides is 1. The van der Waals surface area contributed by atoms with Crippen molar-refractivity contribution in [3.05, 3.63) is 109 Å². The van der Waals surface area contributed by atoms with E-state index in [0.717, 1.165) is 89.9 Å². The predicted molar refractivity (Wildman–Crippen MR) is 300 cm³/mol. The first-order valence-electron chi connectivity index (χ1n) is 28.6. The second-order valence-corrected chi connectivity index (χ2v) is 20.0. The number of carbonyl (C=O) groups is 1. The highest BCUT2D eigenvalue weighted by Crippen LogP contribution is 2.33. The number of hydrogen-bond donors (Lipinski definition) is 12. The van der Waals surface area contributed by atoms with Crippen LogP contribution in [0.1, 0.15) is 129 Å². The Bertz CT molecular complexity index is 1870. The van der Waals surface area contributed by atoms with E-state index >= 15 is 0 Å². The molecule has 450 valence electrons. The highest BCUT2D eigenvalue weighted by atomic mass is 16.8. The Labute approximate surface area is 468 Å². The molecular formula is C60H97NO18. The van der Waals surface area contributed by atoms with Crippen molar-refractivity contribution in [1.82, 2.24) is 5.32 Å². The van der Waals surface area contributed by atoms with Crippen molar-refractivity contribution in [3.8, 4) is 0 Å². The predicted octanol–water partition coefficient (Wildman–Crippen LogP) is 4.36. The molecule has 0 radical (unpaired) electrons. The number of carbonyl (C=O) groups excluding carboxylic acids is 1. The molecule has 0 aliphatic carbocycles. The SMILES string of the molecule is CC/C=C\C/C=C\C/C=C\C/C=C\C/C=C\C/C=C\C/C=C\C/C=C\C/C=C\CCCCCC(=O)NC(COC1OC(CO)C(OC2OC(CO)C(OC3OC(CO)C(O)C(O)C3O)C(O)C2O)C(O)C1O)C(O)CCCCC. The van der Waals surface area contributed by atoms with E-state index in [1.165, 1.54) is 0 Å². The van der Waals surface area contributed by atoms with Crippen LogP contribution < -0.4 is 5.32 Å². The maximum atomic E-state index is 13.1. The number of hydrogen-bond acceptors (Lipinski definition) is 18. The molecule has 3 saturated heterocycles. The standard InChI is InChI=1S/C60H97NO18/c1-3-5-7-8-9-10-11-12-13-14-15-16-17-18-19-20-21-22-23-24-25-26-27-28-29-30-31-32-33-34-36-38-48(66)61-43(44(65)37-35-6-4-2)42-74-58-54(72)51(69)56(46(40-63)76-58)79-60-55(73)52(70)57(47(41-64)77-60)78-59-53(71)50(68)49(67)45(39-62)75-59/h5,7,9-10,12-13,15-16,18-19,21-22,24-25,27-28,30-31,43-47,49-60,62-65,67-73H,3-4,6,8,11,14,17,20,23,26,29,32-42H2,1-2H3,(H,61,66)/b7-5-,10-9-,13-12-,16-15-,19-18-,22-21-,25-24-,28-27-,31-30-. The number of ether oxygens (including phenoxy) is 6. The third-order valence-corrected chi connectivity index (χ3v) is 13.6. The Morgan fingerprint density at radius 2 is 0.873 bits per heavy atom. The van der Waals surface area contributed by atoms with Gasteiger partial charge >= 0.3 is 0 Å². The minimum absolute atomic E-state index is 0.215. The van der Waals surface area contributed by atoms with Crippen LogP contribution in [0.25, 0.3) is 0 Å². The van der Waals surface area contributed by atoms with Gasteiger partial charge < -0.3 is 89.9 Å². The highest BCUT2D eigenvalue weighted by Gasteiger charge is 2.53. The number of nitrogens with one attached hydrogen (secondary N) is 1. The third-order valence-electron chi connectivity index (χ3n) is 13.6. The number of unbranched alkanes of at least 4 members (excludes halogenated alkanes) is 5. The average Bonchev–Trinajstić information content (AvgIpc) is 3.55. The van der Waals surface area contributed by atoms with Crippen molar-refractivity contribution in [2.45, 2.75) is 234 Å². The zero-order valence-electron chi connectivity index (χ0n) is 46.5. The van der Waals surface area contributed by atoms with E-state index in [9.17, 15) is 61.0 Å². The van der Waals surface area contributed by atoms with Gasteiger partial charge in [-0.25, -0.2) is 0 Å². The van der Waals surface area contributed by atoms with Gasteiger partial charge in [0.1, 0.15) is 73.2 Å². The molecule has 12 N–H and O–H groups in total. The van der Waals surface area contributed by atoms with E-state index in [2.05, 4.69) is 122 Å². The maximum absolute atomic E-state index is 13.1. The molecular weight excluding hydrogens is 1020 g/mol. The minimum atomic E-state index is -1.98. The minimum Gasteiger partial charge on any atom is -0.394 e. The van der Waals surface area contributed by atoms with Gasteiger partial charge in [0.05, 0.1) is 38.6 Å². The molecule has 3 fully saturated rings. The topological polar surface area (TPSA) is 307 Å². The molecule has 1 amide bonds. The largest absolute Gasteiger partial charge is 0.394 e. The van der Waals surface area contributed by atoms with Gasteiger partial charge in [0.2, 0.25) is 5.91 Å². The number of aliphatic hydroxyl groups excluding tert-OH is 11. The second kappa shape index (κ2) is 42.3. The van der Waals surface area contributed by atoms with Crippen molar-refractivity contribution in [2.75, 3.05) is 26.4 Å². The van der Waals surface area contributed by atoms with Crippen molar-refractivity contribution in [3.63, 3.8) is 0 Å². The molecule has 19 nitrogen and oxygen atoms in total. The first-order valence-corrected chi connectivity index (χ1v) is 28.6. The van der Waals surface area contributed by atoms with Gasteiger partial charge in [0, 0.05) is 6.42 Å². The lowest BCUT2D eigenvalue weighted by Gasteiger charge is -2.48. The summed E-state index contributed by atoms with van der Waals surface area (Å²) in [5.41, 5.74) is 0. The van der Waals surface area contributed by atoms with Gasteiger partial charge in [-0.05, 0) is 83.5 Å². The quantitative estimate of drug-likeness (QED) is 0.0301. The van der Waals surface area contributed by atoms with Gasteiger partial charge in [0.15, 0.2) is 18.9 Å². The molecule has 0 saturated carbocycles. The van der Waals surface area contributed by atoms with Gasteiger partial charge in [-0.1, -0.05) is 149 Å². The molecule has 0 aromatic heterocycles. The Balaban J connectivity index is 1.34. The lowest BCUT2D eigenvalue weighted by Crippen LogP contribution is -2.66. The van der Waals surface area contributed by atoms with E-state index < -0.39 is 124 Å². The van der Waals surface area contributed by atoms with Crippen molar-refractivity contribution >= 4 is 5.91 Å². The third kappa shape index (κ3) is 26.5. The van der Waals surface area contributed by atoms with Crippen LogP contribution in [-0.4, -0.2) is 193 Å². The molecule has 0 aromatic carbocycles. The Morgan fingerprint density at radius 1 is 0.468 bits per heavy atom. The van der Waals surface area contributed by atoms with E-state index in [4.69, 9.17) is 28.4 Å². The monoisotopic (exact) mass is 1120 g/mol. The fraction of sp³-hybridized carbons (Fsp3) is 0.683. The summed E-state index contributed by atoms with van der Waals surface area (Å²) < 4.78 is 34.0. The van der Waals surface area contributed by atoms with Crippen molar-refractivity contribution in [1.29, 1.82) is 0 Å². The Kier molecular flexibility index (Phi) is 37.3. The summed E-state index contributed by atoms with van der Waals surface area (Å²) in [7, 11) is 0. The highest BCUT2D eigenvalue weighted by molar-refractivity contribution is 5.76. The Morgan fingerprint density at radius 3 is 1.32 bits per heavy atom. The first kappa shape index (κ1) is 69.7. The van der Waals surface area contributed by atoms with E-state index in [-0.39, 0.29) is 18.9 Å². The molecule has 3 aliphatic heterocycles. The van der Waals surface area contributed by atoms with Gasteiger partial charge in [0.25, 0.3) is 0 Å². The Hall–Kier alpha value is -3.55. The van der Waals surface area contributed by atoms with Crippen LogP contribution >= 0.6 is 0 Å². The van der Waals surface area contributed by atoms with Crippen LogP contribution in [0.4, 0.5) is 0 Å². The molecule has 17 atom stereocenters.